The molecule has 1 aromatic carbocycles. The van der Waals surface area contributed by atoms with Crippen molar-refractivity contribution in [3.63, 3.8) is 0 Å². The van der Waals surface area contributed by atoms with Crippen LogP contribution in [0.1, 0.15) is 15.9 Å². The number of rotatable bonds is 1. The van der Waals surface area contributed by atoms with Gasteiger partial charge in [0, 0.05) is 8.04 Å². The molecule has 0 aliphatic rings. The highest BCUT2D eigenvalue weighted by Crippen LogP contribution is 2.25. The van der Waals surface area contributed by atoms with Crippen LogP contribution in [-0.2, 0) is 0 Å². The summed E-state index contributed by atoms with van der Waals surface area (Å²) in [6.45, 7) is 0. The highest BCUT2D eigenvalue weighted by atomic mass is 127. The fraction of sp³-hybridized carbons (Fsp3) is 0. The Hall–Kier alpha value is -0.610. The smallest absolute Gasteiger partial charge is 0.337 e. The van der Waals surface area contributed by atoms with E-state index in [9.17, 15) is 4.79 Å². The first kappa shape index (κ1) is 10.5. The van der Waals surface area contributed by atoms with Crippen molar-refractivity contribution in [2.75, 3.05) is 0 Å². The van der Waals surface area contributed by atoms with Crippen molar-refractivity contribution in [3.8, 4) is 6.07 Å². The van der Waals surface area contributed by atoms with Crippen LogP contribution in [0.5, 0.6) is 0 Å². The topological polar surface area (TPSA) is 61.1 Å². The van der Waals surface area contributed by atoms with Gasteiger partial charge in [0.2, 0.25) is 0 Å². The molecular formula is C8H3BrINO2. The Labute approximate surface area is 96.6 Å². The Bertz CT molecular complexity index is 411. The van der Waals surface area contributed by atoms with E-state index in [-0.39, 0.29) is 5.56 Å². The lowest BCUT2D eigenvalue weighted by atomic mass is 10.1. The minimum absolute atomic E-state index is 0.139. The van der Waals surface area contributed by atoms with Gasteiger partial charge in [-0.2, -0.15) is 5.26 Å². The molecule has 0 aliphatic heterocycles. The molecular weight excluding hydrogens is 349 g/mol. The average molecular weight is 352 g/mol. The summed E-state index contributed by atoms with van der Waals surface area (Å²) in [5, 5.41) is 17.5. The third kappa shape index (κ3) is 2.00. The zero-order valence-corrected chi connectivity index (χ0v) is 9.96. The summed E-state index contributed by atoms with van der Waals surface area (Å²) in [6.07, 6.45) is 0. The lowest BCUT2D eigenvalue weighted by Gasteiger charge is -2.02. The van der Waals surface area contributed by atoms with E-state index in [2.05, 4.69) is 15.9 Å². The second-order valence-electron chi connectivity index (χ2n) is 2.20. The molecule has 0 atom stereocenters. The molecule has 0 spiro atoms. The van der Waals surface area contributed by atoms with Gasteiger partial charge in [-0.15, -0.1) is 0 Å². The summed E-state index contributed by atoms with van der Waals surface area (Å²) in [4.78, 5) is 10.8. The molecule has 0 heterocycles. The van der Waals surface area contributed by atoms with Gasteiger partial charge in [0.15, 0.2) is 0 Å². The molecule has 3 nitrogen and oxygen atoms in total. The zero-order chi connectivity index (χ0) is 10.0. The van der Waals surface area contributed by atoms with Crippen LogP contribution in [0.25, 0.3) is 0 Å². The molecule has 0 aromatic heterocycles. The summed E-state index contributed by atoms with van der Waals surface area (Å²) in [6, 6.07) is 5.07. The monoisotopic (exact) mass is 351 g/mol. The molecule has 0 saturated heterocycles. The van der Waals surface area contributed by atoms with Gasteiger partial charge < -0.3 is 5.11 Å². The molecule has 0 unspecified atom stereocenters. The van der Waals surface area contributed by atoms with Crippen molar-refractivity contribution < 1.29 is 9.90 Å². The average Bonchev–Trinajstić information content (AvgIpc) is 2.04. The van der Waals surface area contributed by atoms with E-state index in [0.717, 1.165) is 0 Å². The lowest BCUT2D eigenvalue weighted by molar-refractivity contribution is 0.0694. The molecule has 1 N–H and O–H groups in total. The second kappa shape index (κ2) is 4.07. The van der Waals surface area contributed by atoms with Crippen molar-refractivity contribution >= 4 is 44.5 Å². The number of carboxylic acids is 1. The standard InChI is InChI=1S/C8H3BrINO2/c9-5-2-1-4(3-11)7(10)6(5)8(12)13/h1-2H,(H,12,13). The van der Waals surface area contributed by atoms with E-state index in [1.54, 1.807) is 12.1 Å². The van der Waals surface area contributed by atoms with E-state index >= 15 is 0 Å². The number of carboxylic acid groups (broad SMARTS) is 1. The highest BCUT2D eigenvalue weighted by Gasteiger charge is 2.15. The van der Waals surface area contributed by atoms with Crippen molar-refractivity contribution in [1.82, 2.24) is 0 Å². The van der Waals surface area contributed by atoms with Crippen molar-refractivity contribution in [2.45, 2.75) is 0 Å². The van der Waals surface area contributed by atoms with Crippen LogP contribution in [0.3, 0.4) is 0 Å². The first-order valence-corrected chi connectivity index (χ1v) is 5.06. The first-order chi connectivity index (χ1) is 6.07. The number of halogens is 2. The highest BCUT2D eigenvalue weighted by molar-refractivity contribution is 14.1. The fourth-order valence-corrected chi connectivity index (χ4v) is 2.53. The Morgan fingerprint density at radius 3 is 2.69 bits per heavy atom. The largest absolute Gasteiger partial charge is 0.478 e. The van der Waals surface area contributed by atoms with E-state index in [0.29, 0.717) is 13.6 Å². The van der Waals surface area contributed by atoms with E-state index in [4.69, 9.17) is 10.4 Å². The quantitative estimate of drug-likeness (QED) is 0.791. The van der Waals surface area contributed by atoms with E-state index < -0.39 is 5.97 Å². The van der Waals surface area contributed by atoms with Crippen LogP contribution < -0.4 is 0 Å². The number of benzene rings is 1. The zero-order valence-electron chi connectivity index (χ0n) is 6.21. The summed E-state index contributed by atoms with van der Waals surface area (Å²) < 4.78 is 0.949. The van der Waals surface area contributed by atoms with Crippen LogP contribution in [0.2, 0.25) is 0 Å². The normalized spacial score (nSPS) is 9.31. The van der Waals surface area contributed by atoms with Gasteiger partial charge in [-0.3, -0.25) is 0 Å². The number of carbonyl (C=O) groups is 1. The molecule has 66 valence electrons. The number of aromatic carboxylic acids is 1. The molecule has 1 aromatic rings. The third-order valence-corrected chi connectivity index (χ3v) is 3.21. The summed E-state index contributed by atoms with van der Waals surface area (Å²) in [5.41, 5.74) is 0.515. The number of nitrogens with zero attached hydrogens (tertiary/aromatic N) is 1. The van der Waals surface area contributed by atoms with Gasteiger partial charge in [-0.25, -0.2) is 4.79 Å². The predicted octanol–water partition coefficient (Wildman–Crippen LogP) is 2.62. The summed E-state index contributed by atoms with van der Waals surface area (Å²) in [5.74, 6) is -1.03. The maximum atomic E-state index is 10.8. The SMILES string of the molecule is N#Cc1ccc(Br)c(C(=O)O)c1I. The molecule has 0 amide bonds. The van der Waals surface area contributed by atoms with Gasteiger partial charge in [0.05, 0.1) is 11.1 Å². The fourth-order valence-electron chi connectivity index (χ4n) is 0.835. The second-order valence-corrected chi connectivity index (χ2v) is 4.13. The molecule has 0 saturated carbocycles. The molecule has 0 fully saturated rings. The van der Waals surface area contributed by atoms with E-state index in [1.165, 1.54) is 0 Å². The maximum absolute atomic E-state index is 10.8. The number of hydrogen-bond donors (Lipinski definition) is 1. The van der Waals surface area contributed by atoms with Crippen molar-refractivity contribution in [1.29, 1.82) is 5.26 Å². The Morgan fingerprint density at radius 1 is 1.62 bits per heavy atom. The Kier molecular flexibility index (Phi) is 3.27. The van der Waals surface area contributed by atoms with Crippen molar-refractivity contribution in [3.05, 3.63) is 31.3 Å². The Balaban J connectivity index is 3.50. The van der Waals surface area contributed by atoms with Crippen LogP contribution in [0.4, 0.5) is 0 Å². The van der Waals surface area contributed by atoms with Gasteiger partial charge in [-0.05, 0) is 50.7 Å². The first-order valence-electron chi connectivity index (χ1n) is 3.19. The predicted molar refractivity (Wildman–Crippen MR) is 58.5 cm³/mol. The summed E-state index contributed by atoms with van der Waals surface area (Å²) >= 11 is 4.96. The van der Waals surface area contributed by atoms with Gasteiger partial charge in [-0.1, -0.05) is 0 Å². The number of hydrogen-bond acceptors (Lipinski definition) is 2. The van der Waals surface area contributed by atoms with Gasteiger partial charge >= 0.3 is 5.97 Å². The van der Waals surface area contributed by atoms with Crippen molar-refractivity contribution in [2.24, 2.45) is 0 Å². The molecule has 0 aliphatic carbocycles. The van der Waals surface area contributed by atoms with E-state index in [1.807, 2.05) is 28.7 Å². The third-order valence-electron chi connectivity index (χ3n) is 1.43. The van der Waals surface area contributed by atoms with Crippen LogP contribution in [0.15, 0.2) is 16.6 Å². The van der Waals surface area contributed by atoms with Crippen LogP contribution in [0, 0.1) is 14.9 Å². The Morgan fingerprint density at radius 2 is 2.23 bits per heavy atom. The minimum Gasteiger partial charge on any atom is -0.478 e. The minimum atomic E-state index is -1.03. The van der Waals surface area contributed by atoms with Gasteiger partial charge in [0.25, 0.3) is 0 Å². The van der Waals surface area contributed by atoms with Crippen LogP contribution >= 0.6 is 38.5 Å². The van der Waals surface area contributed by atoms with Gasteiger partial charge in [0.1, 0.15) is 6.07 Å². The maximum Gasteiger partial charge on any atom is 0.337 e. The molecule has 13 heavy (non-hydrogen) atoms. The number of nitriles is 1. The molecule has 0 radical (unpaired) electrons. The molecule has 0 bridgehead atoms. The molecule has 5 heteroatoms. The lowest BCUT2D eigenvalue weighted by Crippen LogP contribution is -2.02. The summed E-state index contributed by atoms with van der Waals surface area (Å²) in [7, 11) is 0. The van der Waals surface area contributed by atoms with Crippen LogP contribution in [-0.4, -0.2) is 11.1 Å². The molecule has 1 rings (SSSR count).